The highest BCUT2D eigenvalue weighted by atomic mass is 32.2. The van der Waals surface area contributed by atoms with Crippen molar-refractivity contribution >= 4 is 21.6 Å². The molecular weight excluding hydrogens is 417 g/mol. The van der Waals surface area contributed by atoms with Gasteiger partial charge >= 0.3 is 0 Å². The van der Waals surface area contributed by atoms with Crippen molar-refractivity contribution in [2.45, 2.75) is 51.0 Å². The van der Waals surface area contributed by atoms with Crippen LogP contribution in [0, 0.1) is 25.6 Å². The lowest BCUT2D eigenvalue weighted by atomic mass is 9.82. The third kappa shape index (κ3) is 5.31. The zero-order valence-electron chi connectivity index (χ0n) is 18.4. The number of sulfonamides is 1. The van der Waals surface area contributed by atoms with Crippen LogP contribution in [0.15, 0.2) is 41.3 Å². The standard InChI is InChI=1S/C23H30FN3O3S/c1-15-7-5-6-8-18(15)22(28)26-20-14-19(24)21(13-16(20)2)31(29,30)27-23(3,4)17-9-11-25-12-10-17/h5-8,13-14,17,25,27H,9-12H2,1-4H3,(H,26,28). The first kappa shape index (κ1) is 23.4. The minimum absolute atomic E-state index is 0.153. The van der Waals surface area contributed by atoms with Crippen molar-refractivity contribution in [3.63, 3.8) is 0 Å². The molecule has 0 bridgehead atoms. The van der Waals surface area contributed by atoms with E-state index in [9.17, 15) is 17.6 Å². The number of amides is 1. The van der Waals surface area contributed by atoms with E-state index in [0.29, 0.717) is 11.1 Å². The Hall–Kier alpha value is -2.29. The molecule has 0 atom stereocenters. The maximum Gasteiger partial charge on any atom is 0.255 e. The topological polar surface area (TPSA) is 87.3 Å². The first-order valence-corrected chi connectivity index (χ1v) is 11.9. The van der Waals surface area contributed by atoms with Crippen LogP contribution in [0.5, 0.6) is 0 Å². The van der Waals surface area contributed by atoms with E-state index in [0.717, 1.165) is 37.6 Å². The smallest absolute Gasteiger partial charge is 0.255 e. The Balaban J connectivity index is 1.83. The Morgan fingerprint density at radius 3 is 2.39 bits per heavy atom. The number of carbonyl (C=O) groups excluding carboxylic acids is 1. The SMILES string of the molecule is Cc1cc(S(=O)(=O)NC(C)(C)C2CCNCC2)c(F)cc1NC(=O)c1ccccc1C. The number of aryl methyl sites for hydroxylation is 2. The number of carbonyl (C=O) groups is 1. The Bertz CT molecular complexity index is 1080. The van der Waals surface area contributed by atoms with Crippen molar-refractivity contribution in [3.05, 3.63) is 58.9 Å². The van der Waals surface area contributed by atoms with Gasteiger partial charge < -0.3 is 10.6 Å². The number of nitrogens with one attached hydrogen (secondary N) is 3. The van der Waals surface area contributed by atoms with Crippen LogP contribution in [0.4, 0.5) is 10.1 Å². The van der Waals surface area contributed by atoms with Gasteiger partial charge in [-0.2, -0.15) is 0 Å². The molecule has 0 spiro atoms. The second-order valence-corrected chi connectivity index (χ2v) is 10.4. The quantitative estimate of drug-likeness (QED) is 0.629. The molecule has 2 aromatic rings. The lowest BCUT2D eigenvalue weighted by molar-refractivity contribution is 0.102. The highest BCUT2D eigenvalue weighted by Gasteiger charge is 2.36. The Morgan fingerprint density at radius 2 is 1.74 bits per heavy atom. The maximum atomic E-state index is 14.9. The van der Waals surface area contributed by atoms with Crippen LogP contribution in [0.25, 0.3) is 0 Å². The van der Waals surface area contributed by atoms with Gasteiger partial charge in [0.15, 0.2) is 0 Å². The lowest BCUT2D eigenvalue weighted by Gasteiger charge is -2.37. The first-order valence-electron chi connectivity index (χ1n) is 10.4. The third-order valence-electron chi connectivity index (χ3n) is 5.96. The first-order chi connectivity index (χ1) is 14.5. The average Bonchev–Trinajstić information content (AvgIpc) is 2.70. The summed E-state index contributed by atoms with van der Waals surface area (Å²) in [6.45, 7) is 8.79. The van der Waals surface area contributed by atoms with Crippen LogP contribution in [0.1, 0.15) is 48.2 Å². The average molecular weight is 448 g/mol. The molecule has 1 saturated heterocycles. The lowest BCUT2D eigenvalue weighted by Crippen LogP contribution is -2.51. The van der Waals surface area contributed by atoms with Crippen molar-refractivity contribution in [1.82, 2.24) is 10.0 Å². The summed E-state index contributed by atoms with van der Waals surface area (Å²) >= 11 is 0. The highest BCUT2D eigenvalue weighted by molar-refractivity contribution is 7.89. The minimum atomic E-state index is -4.08. The fourth-order valence-electron chi connectivity index (χ4n) is 4.04. The molecule has 8 heteroatoms. The zero-order chi connectivity index (χ0) is 22.8. The molecular formula is C23H30FN3O3S. The van der Waals surface area contributed by atoms with Crippen LogP contribution in [-0.4, -0.2) is 33.0 Å². The number of hydrogen-bond acceptors (Lipinski definition) is 4. The van der Waals surface area contributed by atoms with E-state index >= 15 is 0 Å². The zero-order valence-corrected chi connectivity index (χ0v) is 19.2. The molecule has 1 heterocycles. The van der Waals surface area contributed by atoms with Gasteiger partial charge in [-0.15, -0.1) is 0 Å². The van der Waals surface area contributed by atoms with Crippen LogP contribution in [0.3, 0.4) is 0 Å². The number of hydrogen-bond donors (Lipinski definition) is 3. The Labute approximate surface area is 183 Å². The van der Waals surface area contributed by atoms with Gasteiger partial charge in [0.05, 0.1) is 0 Å². The van der Waals surface area contributed by atoms with Crippen molar-refractivity contribution in [1.29, 1.82) is 0 Å². The fraction of sp³-hybridized carbons (Fsp3) is 0.435. The van der Waals surface area contributed by atoms with Gasteiger partial charge in [-0.1, -0.05) is 18.2 Å². The molecule has 0 unspecified atom stereocenters. The molecule has 31 heavy (non-hydrogen) atoms. The Kier molecular flexibility index (Phi) is 6.83. The fourth-order valence-corrected chi connectivity index (χ4v) is 5.66. The maximum absolute atomic E-state index is 14.9. The second-order valence-electron chi connectivity index (χ2n) is 8.72. The van der Waals surface area contributed by atoms with Gasteiger partial charge in [0, 0.05) is 16.8 Å². The van der Waals surface area contributed by atoms with Crippen LogP contribution in [0.2, 0.25) is 0 Å². The number of rotatable bonds is 6. The van der Waals surface area contributed by atoms with E-state index in [-0.39, 0.29) is 17.5 Å². The van der Waals surface area contributed by atoms with Crippen LogP contribution in [-0.2, 0) is 10.0 Å². The van der Waals surface area contributed by atoms with Crippen LogP contribution < -0.4 is 15.4 Å². The molecule has 0 aromatic heterocycles. The summed E-state index contributed by atoms with van der Waals surface area (Å²) in [5, 5.41) is 5.95. The molecule has 168 valence electrons. The van der Waals surface area contributed by atoms with E-state index < -0.39 is 26.3 Å². The van der Waals surface area contributed by atoms with Crippen molar-refractivity contribution in [2.24, 2.45) is 5.92 Å². The second kappa shape index (κ2) is 9.06. The van der Waals surface area contributed by atoms with Gasteiger partial charge in [-0.25, -0.2) is 17.5 Å². The third-order valence-corrected chi connectivity index (χ3v) is 7.65. The summed E-state index contributed by atoms with van der Waals surface area (Å²) < 4.78 is 43.6. The molecule has 0 radical (unpaired) electrons. The molecule has 2 aromatic carbocycles. The summed E-state index contributed by atoms with van der Waals surface area (Å²) in [7, 11) is -4.08. The summed E-state index contributed by atoms with van der Waals surface area (Å²) in [5.74, 6) is -1.12. The van der Waals surface area contributed by atoms with E-state index in [1.54, 1.807) is 19.1 Å². The van der Waals surface area contributed by atoms with Crippen LogP contribution >= 0.6 is 0 Å². The van der Waals surface area contributed by atoms with E-state index in [2.05, 4.69) is 15.4 Å². The monoisotopic (exact) mass is 447 g/mol. The van der Waals surface area contributed by atoms with Gasteiger partial charge in [0.25, 0.3) is 5.91 Å². The van der Waals surface area contributed by atoms with Gasteiger partial charge in [0.1, 0.15) is 10.7 Å². The van der Waals surface area contributed by atoms with E-state index in [4.69, 9.17) is 0 Å². The number of piperidine rings is 1. The largest absolute Gasteiger partial charge is 0.322 e. The molecule has 0 saturated carbocycles. The van der Waals surface area contributed by atoms with Crippen molar-refractivity contribution in [2.75, 3.05) is 18.4 Å². The molecule has 3 N–H and O–H groups in total. The molecule has 3 rings (SSSR count). The molecule has 0 aliphatic carbocycles. The molecule has 1 fully saturated rings. The molecule has 1 aliphatic rings. The summed E-state index contributed by atoms with van der Waals surface area (Å²) in [6.07, 6.45) is 1.70. The van der Waals surface area contributed by atoms with Gasteiger partial charge in [-0.3, -0.25) is 4.79 Å². The van der Waals surface area contributed by atoms with Gasteiger partial charge in [0.2, 0.25) is 10.0 Å². The van der Waals surface area contributed by atoms with E-state index in [1.165, 1.54) is 6.07 Å². The number of halogens is 1. The molecule has 1 amide bonds. The number of benzene rings is 2. The number of anilines is 1. The molecule has 1 aliphatic heterocycles. The van der Waals surface area contributed by atoms with E-state index in [1.807, 2.05) is 32.9 Å². The summed E-state index contributed by atoms with van der Waals surface area (Å²) in [5.41, 5.74) is 1.26. The predicted octanol–water partition coefficient (Wildman–Crippen LogP) is 3.75. The van der Waals surface area contributed by atoms with Crippen molar-refractivity contribution in [3.8, 4) is 0 Å². The summed E-state index contributed by atoms with van der Waals surface area (Å²) in [4.78, 5) is 12.2. The van der Waals surface area contributed by atoms with Gasteiger partial charge in [-0.05, 0) is 88.9 Å². The van der Waals surface area contributed by atoms with Crippen molar-refractivity contribution < 1.29 is 17.6 Å². The highest BCUT2D eigenvalue weighted by Crippen LogP contribution is 2.29. The minimum Gasteiger partial charge on any atom is -0.322 e. The summed E-state index contributed by atoms with van der Waals surface area (Å²) in [6, 6.07) is 9.41. The molecule has 6 nitrogen and oxygen atoms in total. The normalized spacial score (nSPS) is 15.6. The Morgan fingerprint density at radius 1 is 1.10 bits per heavy atom. The predicted molar refractivity (Wildman–Crippen MR) is 120 cm³/mol.